The zero-order valence-corrected chi connectivity index (χ0v) is 9.30. The highest BCUT2D eigenvalue weighted by molar-refractivity contribution is 4.78. The van der Waals surface area contributed by atoms with E-state index in [2.05, 4.69) is 10.2 Å². The molecule has 0 unspecified atom stereocenters. The van der Waals surface area contributed by atoms with Gasteiger partial charge in [0, 0.05) is 12.6 Å². The van der Waals surface area contributed by atoms with Crippen LogP contribution < -0.4 is 5.32 Å². The van der Waals surface area contributed by atoms with Crippen LogP contribution in [0.3, 0.4) is 0 Å². The molecule has 0 saturated carbocycles. The molecule has 2 nitrogen and oxygen atoms in total. The molecule has 82 valence electrons. The van der Waals surface area contributed by atoms with Crippen LogP contribution in [0.4, 0.5) is 0 Å². The van der Waals surface area contributed by atoms with Crippen molar-refractivity contribution in [1.82, 2.24) is 10.2 Å². The number of hydrogen-bond donors (Lipinski definition) is 1. The molecular weight excluding hydrogens is 172 g/mol. The summed E-state index contributed by atoms with van der Waals surface area (Å²) in [6.07, 6.45) is 10.0. The molecule has 0 aromatic heterocycles. The second kappa shape index (κ2) is 5.72. The Hall–Kier alpha value is -0.0800. The quantitative estimate of drug-likeness (QED) is 0.727. The predicted octanol–water partition coefficient (Wildman–Crippen LogP) is 2.00. The first-order valence-corrected chi connectivity index (χ1v) is 6.41. The number of nitrogens with zero attached hydrogens (tertiary/aromatic N) is 1. The highest BCUT2D eigenvalue weighted by Gasteiger charge is 2.17. The Morgan fingerprint density at radius 3 is 2.29 bits per heavy atom. The molecule has 0 aromatic carbocycles. The van der Waals surface area contributed by atoms with Crippen LogP contribution in [-0.2, 0) is 0 Å². The lowest BCUT2D eigenvalue weighted by Gasteiger charge is -2.27. The van der Waals surface area contributed by atoms with Gasteiger partial charge >= 0.3 is 0 Å². The molecule has 0 aliphatic carbocycles. The van der Waals surface area contributed by atoms with Gasteiger partial charge in [-0.3, -0.25) is 0 Å². The van der Waals surface area contributed by atoms with Crippen molar-refractivity contribution in [3.63, 3.8) is 0 Å². The highest BCUT2D eigenvalue weighted by Crippen LogP contribution is 2.13. The Balaban J connectivity index is 1.70. The van der Waals surface area contributed by atoms with Gasteiger partial charge in [0.25, 0.3) is 0 Å². The third kappa shape index (κ3) is 3.25. The third-order valence-electron chi connectivity index (χ3n) is 3.59. The fraction of sp³-hybridized carbons (Fsp3) is 1.00. The lowest BCUT2D eigenvalue weighted by Crippen LogP contribution is -2.39. The molecule has 0 radical (unpaired) electrons. The molecule has 2 heterocycles. The van der Waals surface area contributed by atoms with Crippen LogP contribution in [-0.4, -0.2) is 37.1 Å². The molecule has 14 heavy (non-hydrogen) atoms. The Morgan fingerprint density at radius 1 is 0.929 bits per heavy atom. The van der Waals surface area contributed by atoms with Crippen LogP contribution in [0.15, 0.2) is 0 Å². The van der Waals surface area contributed by atoms with E-state index in [1.54, 1.807) is 0 Å². The SMILES string of the molecule is C1CCCN(C[C@H]2CCCN2)CCC1. The van der Waals surface area contributed by atoms with Crippen LogP contribution in [0.2, 0.25) is 0 Å². The lowest BCUT2D eigenvalue weighted by molar-refractivity contribution is 0.227. The van der Waals surface area contributed by atoms with Crippen molar-refractivity contribution in [2.75, 3.05) is 26.2 Å². The van der Waals surface area contributed by atoms with Crippen molar-refractivity contribution in [3.05, 3.63) is 0 Å². The minimum atomic E-state index is 0.800. The zero-order valence-electron chi connectivity index (χ0n) is 9.30. The van der Waals surface area contributed by atoms with E-state index in [1.807, 2.05) is 0 Å². The van der Waals surface area contributed by atoms with Gasteiger partial charge in [-0.2, -0.15) is 0 Å². The first-order chi connectivity index (χ1) is 6.95. The average Bonchev–Trinajstić information content (AvgIpc) is 2.62. The van der Waals surface area contributed by atoms with Crippen LogP contribution >= 0.6 is 0 Å². The first-order valence-electron chi connectivity index (χ1n) is 6.41. The summed E-state index contributed by atoms with van der Waals surface area (Å²) in [5.41, 5.74) is 0. The fourth-order valence-electron chi connectivity index (χ4n) is 2.72. The summed E-state index contributed by atoms with van der Waals surface area (Å²) in [5.74, 6) is 0. The maximum atomic E-state index is 3.60. The van der Waals surface area contributed by atoms with Crippen LogP contribution in [0.25, 0.3) is 0 Å². The molecule has 1 atom stereocenters. The van der Waals surface area contributed by atoms with Gasteiger partial charge in [0.2, 0.25) is 0 Å². The molecule has 2 saturated heterocycles. The maximum Gasteiger partial charge on any atom is 0.0195 e. The van der Waals surface area contributed by atoms with Gasteiger partial charge in [-0.25, -0.2) is 0 Å². The van der Waals surface area contributed by atoms with Gasteiger partial charge < -0.3 is 10.2 Å². The van der Waals surface area contributed by atoms with Crippen LogP contribution in [0.5, 0.6) is 0 Å². The van der Waals surface area contributed by atoms with Gasteiger partial charge in [0.05, 0.1) is 0 Å². The van der Waals surface area contributed by atoms with Crippen LogP contribution in [0, 0.1) is 0 Å². The zero-order chi connectivity index (χ0) is 9.64. The molecular formula is C12H24N2. The van der Waals surface area contributed by atoms with Crippen molar-refractivity contribution in [1.29, 1.82) is 0 Å². The minimum absolute atomic E-state index is 0.800. The predicted molar refractivity (Wildman–Crippen MR) is 60.5 cm³/mol. The van der Waals surface area contributed by atoms with Crippen molar-refractivity contribution >= 4 is 0 Å². The second-order valence-corrected chi connectivity index (χ2v) is 4.86. The van der Waals surface area contributed by atoms with Crippen LogP contribution in [0.1, 0.15) is 44.9 Å². The molecule has 2 aliphatic rings. The van der Waals surface area contributed by atoms with E-state index in [0.717, 1.165) is 6.04 Å². The van der Waals surface area contributed by atoms with Crippen molar-refractivity contribution in [2.45, 2.75) is 51.0 Å². The monoisotopic (exact) mass is 196 g/mol. The van der Waals surface area contributed by atoms with E-state index in [4.69, 9.17) is 0 Å². The Bertz CT molecular complexity index is 144. The fourth-order valence-corrected chi connectivity index (χ4v) is 2.72. The number of likely N-dealkylation sites (tertiary alicyclic amines) is 1. The minimum Gasteiger partial charge on any atom is -0.313 e. The molecule has 0 bridgehead atoms. The Morgan fingerprint density at radius 2 is 1.64 bits per heavy atom. The van der Waals surface area contributed by atoms with E-state index in [-0.39, 0.29) is 0 Å². The van der Waals surface area contributed by atoms with E-state index >= 15 is 0 Å². The summed E-state index contributed by atoms with van der Waals surface area (Å²) in [7, 11) is 0. The molecule has 2 rings (SSSR count). The van der Waals surface area contributed by atoms with Crippen molar-refractivity contribution < 1.29 is 0 Å². The molecule has 2 heteroatoms. The highest BCUT2D eigenvalue weighted by atomic mass is 15.1. The van der Waals surface area contributed by atoms with Crippen molar-refractivity contribution in [2.24, 2.45) is 0 Å². The maximum absolute atomic E-state index is 3.60. The van der Waals surface area contributed by atoms with Gasteiger partial charge in [-0.05, 0) is 45.3 Å². The molecule has 2 aliphatic heterocycles. The standard InChI is InChI=1S/C12H24N2/c1-2-4-9-14(10-5-3-1)11-12-7-6-8-13-12/h12-13H,1-11H2/t12-/m1/s1. The Kier molecular flexibility index (Phi) is 4.26. The lowest BCUT2D eigenvalue weighted by atomic mass is 10.1. The summed E-state index contributed by atoms with van der Waals surface area (Å²) < 4.78 is 0. The topological polar surface area (TPSA) is 15.3 Å². The molecule has 1 N–H and O–H groups in total. The van der Waals surface area contributed by atoms with Gasteiger partial charge in [0.15, 0.2) is 0 Å². The third-order valence-corrected chi connectivity index (χ3v) is 3.59. The molecule has 0 amide bonds. The second-order valence-electron chi connectivity index (χ2n) is 4.86. The normalized spacial score (nSPS) is 31.3. The summed E-state index contributed by atoms with van der Waals surface area (Å²) in [5, 5.41) is 3.60. The van der Waals surface area contributed by atoms with Gasteiger partial charge in [0.1, 0.15) is 0 Å². The number of rotatable bonds is 2. The van der Waals surface area contributed by atoms with Gasteiger partial charge in [-0.1, -0.05) is 19.3 Å². The number of nitrogens with one attached hydrogen (secondary N) is 1. The van der Waals surface area contributed by atoms with E-state index in [1.165, 1.54) is 71.1 Å². The largest absolute Gasteiger partial charge is 0.313 e. The summed E-state index contributed by atoms with van der Waals surface area (Å²) >= 11 is 0. The van der Waals surface area contributed by atoms with E-state index in [9.17, 15) is 0 Å². The summed E-state index contributed by atoms with van der Waals surface area (Å²) in [4.78, 5) is 2.68. The molecule has 2 fully saturated rings. The van der Waals surface area contributed by atoms with Crippen molar-refractivity contribution in [3.8, 4) is 0 Å². The first kappa shape index (κ1) is 10.4. The molecule has 0 aromatic rings. The Labute approximate surface area is 88.1 Å². The van der Waals surface area contributed by atoms with Gasteiger partial charge in [-0.15, -0.1) is 0 Å². The van der Waals surface area contributed by atoms with E-state index < -0.39 is 0 Å². The van der Waals surface area contributed by atoms with E-state index in [0.29, 0.717) is 0 Å². The molecule has 0 spiro atoms. The smallest absolute Gasteiger partial charge is 0.0195 e. The summed E-state index contributed by atoms with van der Waals surface area (Å²) in [6.45, 7) is 5.24. The summed E-state index contributed by atoms with van der Waals surface area (Å²) in [6, 6.07) is 0.800. The average molecular weight is 196 g/mol. The number of hydrogen-bond acceptors (Lipinski definition) is 2.